The summed E-state index contributed by atoms with van der Waals surface area (Å²) >= 11 is 0. The van der Waals surface area contributed by atoms with Crippen LogP contribution in [0, 0.1) is 17.2 Å². The quantitative estimate of drug-likeness (QED) is 0.489. The molecule has 0 aromatic heterocycles. The molecule has 1 aliphatic heterocycles. The first-order chi connectivity index (χ1) is 16.1. The van der Waals surface area contributed by atoms with Gasteiger partial charge in [0, 0.05) is 31.4 Å². The van der Waals surface area contributed by atoms with Crippen LogP contribution in [0.4, 0.5) is 4.39 Å². The van der Waals surface area contributed by atoms with E-state index in [1.165, 1.54) is 29.2 Å². The molecular weight excluding hydrogens is 453 g/mol. The van der Waals surface area contributed by atoms with E-state index in [-0.39, 0.29) is 47.9 Å². The summed E-state index contributed by atoms with van der Waals surface area (Å²) in [5.41, 5.74) is 0.110. The molecule has 196 valence electrons. The maximum atomic E-state index is 13.4. The van der Waals surface area contributed by atoms with E-state index in [2.05, 4.69) is 0 Å². The molecular formula is C27H40FNO6. The van der Waals surface area contributed by atoms with Gasteiger partial charge in [-0.3, -0.25) is 9.59 Å². The van der Waals surface area contributed by atoms with Crippen molar-refractivity contribution in [2.45, 2.75) is 98.2 Å². The van der Waals surface area contributed by atoms with Gasteiger partial charge in [-0.2, -0.15) is 0 Å². The molecule has 1 aromatic carbocycles. The highest BCUT2D eigenvalue weighted by atomic mass is 19.1. The van der Waals surface area contributed by atoms with Crippen molar-refractivity contribution in [3.63, 3.8) is 0 Å². The molecule has 1 unspecified atom stereocenters. The molecule has 35 heavy (non-hydrogen) atoms. The lowest BCUT2D eigenvalue weighted by Gasteiger charge is -2.42. The van der Waals surface area contributed by atoms with Gasteiger partial charge in [-0.15, -0.1) is 0 Å². The molecule has 0 radical (unpaired) electrons. The Kier molecular flexibility index (Phi) is 9.59. The number of carboxylic acids is 1. The summed E-state index contributed by atoms with van der Waals surface area (Å²) in [4.78, 5) is 39.2. The zero-order valence-corrected chi connectivity index (χ0v) is 22.0. The highest BCUT2D eigenvalue weighted by Crippen LogP contribution is 2.32. The van der Waals surface area contributed by atoms with Crippen LogP contribution in [0.15, 0.2) is 24.3 Å². The molecule has 0 bridgehead atoms. The van der Waals surface area contributed by atoms with Gasteiger partial charge in [-0.05, 0) is 55.9 Å². The Balaban J connectivity index is 2.18. The molecule has 0 aliphatic carbocycles. The first kappa shape index (κ1) is 28.9. The first-order valence-corrected chi connectivity index (χ1v) is 12.2. The van der Waals surface area contributed by atoms with Crippen molar-refractivity contribution in [3.05, 3.63) is 35.6 Å². The maximum Gasteiger partial charge on any atom is 0.326 e. The zero-order valence-electron chi connectivity index (χ0n) is 22.0. The summed E-state index contributed by atoms with van der Waals surface area (Å²) in [6, 6.07) is 4.02. The first-order valence-electron chi connectivity index (χ1n) is 12.2. The Morgan fingerprint density at radius 3 is 2.20 bits per heavy atom. The van der Waals surface area contributed by atoms with Gasteiger partial charge in [-0.1, -0.05) is 34.6 Å². The number of ketones is 1. The van der Waals surface area contributed by atoms with Gasteiger partial charge in [0.05, 0.1) is 12.2 Å². The number of rotatable bonds is 10. The van der Waals surface area contributed by atoms with Crippen LogP contribution < -0.4 is 0 Å². The van der Waals surface area contributed by atoms with Gasteiger partial charge in [0.15, 0.2) is 5.79 Å². The number of hydrogen-bond donors (Lipinski definition) is 1. The summed E-state index contributed by atoms with van der Waals surface area (Å²) in [6.07, 6.45) is 0.935. The van der Waals surface area contributed by atoms with E-state index in [0.29, 0.717) is 19.3 Å². The lowest BCUT2D eigenvalue weighted by Crippen LogP contribution is -2.50. The molecule has 1 saturated heterocycles. The van der Waals surface area contributed by atoms with E-state index in [9.17, 15) is 23.9 Å². The summed E-state index contributed by atoms with van der Waals surface area (Å²) in [7, 11) is 0. The average molecular weight is 494 g/mol. The van der Waals surface area contributed by atoms with E-state index in [1.807, 2.05) is 20.8 Å². The minimum atomic E-state index is -1.10. The lowest BCUT2D eigenvalue weighted by molar-refractivity contribution is -0.300. The van der Waals surface area contributed by atoms with Crippen molar-refractivity contribution in [2.75, 3.05) is 6.54 Å². The van der Waals surface area contributed by atoms with Crippen LogP contribution in [0.2, 0.25) is 0 Å². The van der Waals surface area contributed by atoms with Crippen LogP contribution in [0.1, 0.15) is 84.5 Å². The minimum Gasteiger partial charge on any atom is -0.480 e. The fraction of sp³-hybridized carbons (Fsp3) is 0.667. The third-order valence-corrected chi connectivity index (χ3v) is 5.87. The normalized spacial score (nSPS) is 20.9. The zero-order chi connectivity index (χ0) is 26.6. The van der Waals surface area contributed by atoms with Crippen molar-refractivity contribution in [1.82, 2.24) is 4.90 Å². The Morgan fingerprint density at radius 2 is 1.69 bits per heavy atom. The monoisotopic (exact) mass is 493 g/mol. The highest BCUT2D eigenvalue weighted by Gasteiger charge is 2.38. The average Bonchev–Trinajstić information content (AvgIpc) is 2.67. The van der Waals surface area contributed by atoms with Crippen LogP contribution >= 0.6 is 0 Å². The minimum absolute atomic E-state index is 0.110. The largest absolute Gasteiger partial charge is 0.480 e. The molecule has 8 heteroatoms. The SMILES string of the molecule is CC(C)C(C(=O)O)N(CC[C@@H]1C[C@H](CC(=O)CC(C)(C)C)OC(C)(C)O1)C(=O)c1ccc(F)cc1. The van der Waals surface area contributed by atoms with Gasteiger partial charge in [0.2, 0.25) is 0 Å². The van der Waals surface area contributed by atoms with E-state index < -0.39 is 29.5 Å². The predicted molar refractivity (Wildman–Crippen MR) is 130 cm³/mol. The fourth-order valence-corrected chi connectivity index (χ4v) is 4.63. The number of carbonyl (C=O) groups is 3. The summed E-state index contributed by atoms with van der Waals surface area (Å²) < 4.78 is 25.4. The maximum absolute atomic E-state index is 13.4. The Labute approximate surface area is 208 Å². The highest BCUT2D eigenvalue weighted by molar-refractivity contribution is 5.96. The summed E-state index contributed by atoms with van der Waals surface area (Å²) in [5, 5.41) is 9.87. The molecule has 1 amide bonds. The topological polar surface area (TPSA) is 93.1 Å². The number of Topliss-reactive ketones (excluding diaryl/α,β-unsaturated/α-hetero) is 1. The van der Waals surface area contributed by atoms with Crippen molar-refractivity contribution in [2.24, 2.45) is 11.3 Å². The smallest absolute Gasteiger partial charge is 0.326 e. The number of halogens is 1. The Hall–Kier alpha value is -2.32. The third kappa shape index (κ3) is 9.00. The van der Waals surface area contributed by atoms with Crippen molar-refractivity contribution in [1.29, 1.82) is 0 Å². The number of benzene rings is 1. The molecule has 1 heterocycles. The second-order valence-electron chi connectivity index (χ2n) is 11.4. The molecule has 7 nitrogen and oxygen atoms in total. The van der Waals surface area contributed by atoms with Crippen molar-refractivity contribution in [3.8, 4) is 0 Å². The Bertz CT molecular complexity index is 890. The van der Waals surface area contributed by atoms with Gasteiger partial charge in [-0.25, -0.2) is 9.18 Å². The molecule has 0 spiro atoms. The van der Waals surface area contributed by atoms with E-state index in [1.54, 1.807) is 27.7 Å². The number of hydrogen-bond acceptors (Lipinski definition) is 5. The molecule has 1 fully saturated rings. The van der Waals surface area contributed by atoms with Crippen LogP contribution in [0.5, 0.6) is 0 Å². The lowest BCUT2D eigenvalue weighted by atomic mass is 9.87. The van der Waals surface area contributed by atoms with Crippen molar-refractivity contribution >= 4 is 17.7 Å². The number of nitrogens with zero attached hydrogens (tertiary/aromatic N) is 1. The van der Waals surface area contributed by atoms with Crippen LogP contribution in [0.3, 0.4) is 0 Å². The van der Waals surface area contributed by atoms with Crippen LogP contribution in [-0.4, -0.2) is 58.2 Å². The number of amides is 1. The third-order valence-electron chi connectivity index (χ3n) is 5.87. The number of carbonyl (C=O) groups excluding carboxylic acids is 2. The number of aliphatic carboxylic acids is 1. The molecule has 1 aliphatic rings. The molecule has 1 N–H and O–H groups in total. The molecule has 3 atom stereocenters. The molecule has 0 saturated carbocycles. The number of ether oxygens (including phenoxy) is 2. The predicted octanol–water partition coefficient (Wildman–Crippen LogP) is 5.07. The second-order valence-corrected chi connectivity index (χ2v) is 11.4. The fourth-order valence-electron chi connectivity index (χ4n) is 4.63. The van der Waals surface area contributed by atoms with Gasteiger partial charge in [0.1, 0.15) is 17.6 Å². The molecule has 1 aromatic rings. The van der Waals surface area contributed by atoms with Gasteiger partial charge in [0.25, 0.3) is 5.91 Å². The Morgan fingerprint density at radius 1 is 1.11 bits per heavy atom. The summed E-state index contributed by atoms with van der Waals surface area (Å²) in [6.45, 7) is 13.2. The number of carboxylic acid groups (broad SMARTS) is 1. The van der Waals surface area contributed by atoms with Crippen molar-refractivity contribution < 1.29 is 33.4 Å². The standard InChI is InChI=1S/C27H40FNO6/c1-17(2)23(25(32)33)29(24(31)18-8-10-19(28)11-9-18)13-12-21-15-22(35-27(6,7)34-21)14-20(30)16-26(3,4)5/h8-11,17,21-23H,12-16H2,1-7H3,(H,32,33)/t21-,22+,23?/m1/s1. The summed E-state index contributed by atoms with van der Waals surface area (Å²) in [5.74, 6) is -3.18. The molecule has 2 rings (SSSR count). The van der Waals surface area contributed by atoms with Crippen LogP contribution in [0.25, 0.3) is 0 Å². The van der Waals surface area contributed by atoms with E-state index in [0.717, 1.165) is 0 Å². The van der Waals surface area contributed by atoms with Crippen LogP contribution in [-0.2, 0) is 19.1 Å². The van der Waals surface area contributed by atoms with E-state index in [4.69, 9.17) is 9.47 Å². The van der Waals surface area contributed by atoms with Gasteiger partial charge < -0.3 is 19.5 Å². The van der Waals surface area contributed by atoms with Gasteiger partial charge >= 0.3 is 5.97 Å². The second kappa shape index (κ2) is 11.6. The van der Waals surface area contributed by atoms with E-state index >= 15 is 0 Å².